The predicted octanol–water partition coefficient (Wildman–Crippen LogP) is -0.348. The summed E-state index contributed by atoms with van der Waals surface area (Å²) in [6.07, 6.45) is 3.84. The quantitative estimate of drug-likeness (QED) is 0.433. The highest BCUT2D eigenvalue weighted by molar-refractivity contribution is 5.86. The number of nitrogens with two attached hydrogens (primary N) is 1. The van der Waals surface area contributed by atoms with Gasteiger partial charge in [0, 0.05) is 6.04 Å². The Morgan fingerprint density at radius 1 is 1.47 bits per heavy atom. The molecule has 0 spiro atoms. The van der Waals surface area contributed by atoms with E-state index in [1.165, 1.54) is 0 Å². The molecule has 1 rings (SSSR count). The van der Waals surface area contributed by atoms with Gasteiger partial charge in [-0.15, -0.1) is 0 Å². The summed E-state index contributed by atoms with van der Waals surface area (Å²) in [7, 11) is 0. The largest absolute Gasteiger partial charge is 0.481 e. The molecule has 0 aliphatic heterocycles. The Bertz CT molecular complexity index is 342. The van der Waals surface area contributed by atoms with Gasteiger partial charge < -0.3 is 21.1 Å². The van der Waals surface area contributed by atoms with Crippen molar-refractivity contribution in [3.63, 3.8) is 0 Å². The van der Waals surface area contributed by atoms with Crippen LogP contribution in [-0.2, 0) is 14.4 Å². The Labute approximate surface area is 112 Å². The average Bonchev–Trinajstić information content (AvgIpc) is 2.82. The molecule has 0 aromatic carbocycles. The van der Waals surface area contributed by atoms with Crippen LogP contribution in [0.1, 0.15) is 39.0 Å². The Balaban J connectivity index is 2.51. The molecule has 0 saturated heterocycles. The first-order valence-corrected chi connectivity index (χ1v) is 6.46. The third kappa shape index (κ3) is 4.51. The first kappa shape index (κ1) is 15.4. The maximum absolute atomic E-state index is 11.7. The standard InChI is InChI=1S/C12H21N3O4/c1-8(14-12(19)10(13)6-11(17)18)15(7-16)9-4-2-3-5-9/h7-10H,2-6,13H2,1H3,(H,14,19)(H,17,18). The van der Waals surface area contributed by atoms with Crippen molar-refractivity contribution < 1.29 is 19.5 Å². The minimum atomic E-state index is -1.13. The van der Waals surface area contributed by atoms with E-state index in [-0.39, 0.29) is 6.04 Å². The summed E-state index contributed by atoms with van der Waals surface area (Å²) in [6, 6.07) is -0.958. The van der Waals surface area contributed by atoms with Crippen molar-refractivity contribution in [2.75, 3.05) is 0 Å². The van der Waals surface area contributed by atoms with Gasteiger partial charge in [-0.1, -0.05) is 12.8 Å². The second-order valence-corrected chi connectivity index (χ2v) is 4.88. The molecule has 0 aromatic heterocycles. The van der Waals surface area contributed by atoms with Crippen LogP contribution in [0.3, 0.4) is 0 Å². The summed E-state index contributed by atoms with van der Waals surface area (Å²) in [5.41, 5.74) is 5.46. The molecule has 1 aliphatic rings. The van der Waals surface area contributed by atoms with Crippen LogP contribution in [0.5, 0.6) is 0 Å². The second kappa shape index (κ2) is 7.08. The fourth-order valence-corrected chi connectivity index (χ4v) is 2.36. The fraction of sp³-hybridized carbons (Fsp3) is 0.750. The predicted molar refractivity (Wildman–Crippen MR) is 68.0 cm³/mol. The molecule has 7 nitrogen and oxygen atoms in total. The third-order valence-corrected chi connectivity index (χ3v) is 3.40. The van der Waals surface area contributed by atoms with E-state index in [9.17, 15) is 14.4 Å². The fourth-order valence-electron chi connectivity index (χ4n) is 2.36. The van der Waals surface area contributed by atoms with E-state index in [1.807, 2.05) is 0 Å². The Kier molecular flexibility index (Phi) is 5.75. The highest BCUT2D eigenvalue weighted by Gasteiger charge is 2.27. The minimum absolute atomic E-state index is 0.142. The molecular weight excluding hydrogens is 250 g/mol. The Hall–Kier alpha value is -1.63. The molecule has 1 saturated carbocycles. The van der Waals surface area contributed by atoms with E-state index in [0.717, 1.165) is 32.1 Å². The molecule has 2 atom stereocenters. The van der Waals surface area contributed by atoms with Gasteiger partial charge >= 0.3 is 5.97 Å². The van der Waals surface area contributed by atoms with Gasteiger partial charge in [0.25, 0.3) is 0 Å². The van der Waals surface area contributed by atoms with Crippen molar-refractivity contribution in [1.29, 1.82) is 0 Å². The number of hydrogen-bond donors (Lipinski definition) is 3. The van der Waals surface area contributed by atoms with Crippen molar-refractivity contribution in [1.82, 2.24) is 10.2 Å². The summed E-state index contributed by atoms with van der Waals surface area (Å²) in [4.78, 5) is 34.8. The molecule has 0 aromatic rings. The molecule has 1 aliphatic carbocycles. The van der Waals surface area contributed by atoms with E-state index in [4.69, 9.17) is 10.8 Å². The molecule has 108 valence electrons. The molecule has 19 heavy (non-hydrogen) atoms. The minimum Gasteiger partial charge on any atom is -0.481 e. The normalized spacial score (nSPS) is 18.6. The summed E-state index contributed by atoms with van der Waals surface area (Å²) in [6.45, 7) is 1.69. The van der Waals surface area contributed by atoms with Crippen molar-refractivity contribution in [2.24, 2.45) is 5.73 Å². The van der Waals surface area contributed by atoms with Crippen LogP contribution in [0, 0.1) is 0 Å². The lowest BCUT2D eigenvalue weighted by atomic mass is 10.2. The van der Waals surface area contributed by atoms with Crippen molar-refractivity contribution in [3.05, 3.63) is 0 Å². The zero-order valence-electron chi connectivity index (χ0n) is 11.0. The topological polar surface area (TPSA) is 113 Å². The van der Waals surface area contributed by atoms with Crippen LogP contribution in [0.25, 0.3) is 0 Å². The van der Waals surface area contributed by atoms with Gasteiger partial charge in [0.15, 0.2) is 0 Å². The molecule has 0 bridgehead atoms. The van der Waals surface area contributed by atoms with E-state index >= 15 is 0 Å². The lowest BCUT2D eigenvalue weighted by molar-refractivity contribution is -0.140. The van der Waals surface area contributed by atoms with E-state index < -0.39 is 30.5 Å². The zero-order chi connectivity index (χ0) is 14.4. The van der Waals surface area contributed by atoms with Crippen LogP contribution in [0.15, 0.2) is 0 Å². The van der Waals surface area contributed by atoms with E-state index in [1.54, 1.807) is 11.8 Å². The van der Waals surface area contributed by atoms with Gasteiger partial charge in [0.05, 0.1) is 12.5 Å². The van der Waals surface area contributed by atoms with Crippen molar-refractivity contribution >= 4 is 18.3 Å². The van der Waals surface area contributed by atoms with Gasteiger partial charge in [0.2, 0.25) is 12.3 Å². The highest BCUT2D eigenvalue weighted by Crippen LogP contribution is 2.23. The SMILES string of the molecule is CC(NC(=O)C(N)CC(=O)O)N(C=O)C1CCCC1. The molecule has 0 heterocycles. The van der Waals surface area contributed by atoms with Crippen LogP contribution in [-0.4, -0.2) is 46.5 Å². The van der Waals surface area contributed by atoms with Crippen molar-refractivity contribution in [2.45, 2.75) is 57.3 Å². The van der Waals surface area contributed by atoms with Crippen LogP contribution >= 0.6 is 0 Å². The third-order valence-electron chi connectivity index (χ3n) is 3.40. The summed E-state index contributed by atoms with van der Waals surface area (Å²) < 4.78 is 0. The molecule has 7 heteroatoms. The maximum atomic E-state index is 11.7. The first-order chi connectivity index (χ1) is 8.95. The van der Waals surface area contributed by atoms with Gasteiger partial charge in [-0.2, -0.15) is 0 Å². The van der Waals surface area contributed by atoms with Gasteiger partial charge in [-0.3, -0.25) is 14.4 Å². The lowest BCUT2D eigenvalue weighted by Crippen LogP contribution is -2.53. The monoisotopic (exact) mass is 271 g/mol. The van der Waals surface area contributed by atoms with Crippen LogP contribution in [0.4, 0.5) is 0 Å². The number of nitrogens with zero attached hydrogens (tertiary/aromatic N) is 1. The summed E-state index contributed by atoms with van der Waals surface area (Å²) >= 11 is 0. The molecule has 2 unspecified atom stereocenters. The Morgan fingerprint density at radius 2 is 2.05 bits per heavy atom. The summed E-state index contributed by atoms with van der Waals surface area (Å²) in [5, 5.41) is 11.1. The zero-order valence-corrected chi connectivity index (χ0v) is 11.0. The molecule has 2 amide bonds. The average molecular weight is 271 g/mol. The number of hydrogen-bond acceptors (Lipinski definition) is 4. The van der Waals surface area contributed by atoms with E-state index in [2.05, 4.69) is 5.32 Å². The van der Waals surface area contributed by atoms with Gasteiger partial charge in [-0.05, 0) is 19.8 Å². The van der Waals surface area contributed by atoms with Crippen LogP contribution in [0.2, 0.25) is 0 Å². The second-order valence-electron chi connectivity index (χ2n) is 4.88. The number of carboxylic acids is 1. The number of carboxylic acid groups (broad SMARTS) is 1. The number of nitrogens with one attached hydrogen (secondary N) is 1. The molecule has 0 radical (unpaired) electrons. The summed E-state index contributed by atoms with van der Waals surface area (Å²) in [5.74, 6) is -1.68. The highest BCUT2D eigenvalue weighted by atomic mass is 16.4. The molecular formula is C12H21N3O4. The van der Waals surface area contributed by atoms with E-state index in [0.29, 0.717) is 0 Å². The Morgan fingerprint density at radius 3 is 2.53 bits per heavy atom. The number of amides is 2. The van der Waals surface area contributed by atoms with Crippen molar-refractivity contribution in [3.8, 4) is 0 Å². The number of carbonyl (C=O) groups excluding carboxylic acids is 2. The van der Waals surface area contributed by atoms with Gasteiger partial charge in [-0.25, -0.2) is 0 Å². The van der Waals surface area contributed by atoms with Gasteiger partial charge in [0.1, 0.15) is 6.17 Å². The number of aliphatic carboxylic acids is 1. The lowest BCUT2D eigenvalue weighted by Gasteiger charge is -2.31. The van der Waals surface area contributed by atoms with Crippen LogP contribution < -0.4 is 11.1 Å². The molecule has 4 N–H and O–H groups in total. The number of carbonyl (C=O) groups is 3. The maximum Gasteiger partial charge on any atom is 0.305 e. The first-order valence-electron chi connectivity index (χ1n) is 6.46. The smallest absolute Gasteiger partial charge is 0.305 e. The number of rotatable bonds is 7. The molecule has 1 fully saturated rings.